The van der Waals surface area contributed by atoms with Crippen molar-refractivity contribution in [3.05, 3.63) is 66.7 Å². The number of sulfonamides is 1. The molecule has 1 aromatic heterocycles. The van der Waals surface area contributed by atoms with Gasteiger partial charge in [-0.3, -0.25) is 0 Å². The largest absolute Gasteiger partial charge is 0.240 e. The molecule has 1 N–H and O–H groups in total. The molecule has 0 amide bonds. The summed E-state index contributed by atoms with van der Waals surface area (Å²) in [6, 6.07) is 12.2. The Hall–Kier alpha value is -2.58. The molecule has 1 unspecified atom stereocenters. The molecule has 1 heterocycles. The zero-order valence-corrected chi connectivity index (χ0v) is 15.9. The maximum Gasteiger partial charge on any atom is 0.240 e. The summed E-state index contributed by atoms with van der Waals surface area (Å²) in [5.74, 6) is -0.252. The van der Waals surface area contributed by atoms with Crippen molar-refractivity contribution < 1.29 is 12.8 Å². The van der Waals surface area contributed by atoms with E-state index in [1.807, 2.05) is 13.8 Å². The van der Waals surface area contributed by atoms with E-state index in [0.29, 0.717) is 6.54 Å². The van der Waals surface area contributed by atoms with Gasteiger partial charge in [0, 0.05) is 6.04 Å². The van der Waals surface area contributed by atoms with Crippen molar-refractivity contribution in [2.45, 2.75) is 31.3 Å². The van der Waals surface area contributed by atoms with Crippen molar-refractivity contribution in [3.8, 4) is 11.1 Å². The molecule has 0 radical (unpaired) electrons. The predicted molar refractivity (Wildman–Crippen MR) is 101 cm³/mol. The van der Waals surface area contributed by atoms with Crippen molar-refractivity contribution in [3.63, 3.8) is 0 Å². The Morgan fingerprint density at radius 1 is 0.963 bits per heavy atom. The van der Waals surface area contributed by atoms with Gasteiger partial charge in [-0.1, -0.05) is 38.1 Å². The summed E-state index contributed by atoms with van der Waals surface area (Å²) in [5.41, 5.74) is 1.63. The average molecular weight is 388 g/mol. The lowest BCUT2D eigenvalue weighted by molar-refractivity contribution is 0.361. The van der Waals surface area contributed by atoms with Gasteiger partial charge in [0.05, 0.1) is 23.8 Å². The van der Waals surface area contributed by atoms with Crippen LogP contribution in [0.15, 0.2) is 65.8 Å². The standard InChI is InChI=1S/C19H21FN4O2S/c1-14(2)19(13-24-21-11-12-22-24)23-27(25,26)18-9-5-16(6-10-18)15-3-7-17(20)8-4-15/h3-12,14,19,23H,13H2,1-2H3. The molecule has 0 aliphatic rings. The van der Waals surface area contributed by atoms with Gasteiger partial charge in [-0.05, 0) is 41.3 Å². The summed E-state index contributed by atoms with van der Waals surface area (Å²) in [6.45, 7) is 4.22. The Morgan fingerprint density at radius 2 is 1.48 bits per heavy atom. The molecule has 3 rings (SSSR count). The number of nitrogens with one attached hydrogen (secondary N) is 1. The predicted octanol–water partition coefficient (Wildman–Crippen LogP) is 3.09. The number of aromatic nitrogens is 3. The van der Waals surface area contributed by atoms with Gasteiger partial charge in [-0.25, -0.2) is 17.5 Å². The highest BCUT2D eigenvalue weighted by Crippen LogP contribution is 2.22. The molecule has 0 saturated carbocycles. The van der Waals surface area contributed by atoms with Gasteiger partial charge in [0.2, 0.25) is 10.0 Å². The van der Waals surface area contributed by atoms with E-state index >= 15 is 0 Å². The van der Waals surface area contributed by atoms with Gasteiger partial charge >= 0.3 is 0 Å². The van der Waals surface area contributed by atoms with Crippen molar-refractivity contribution >= 4 is 10.0 Å². The normalized spacial score (nSPS) is 13.0. The van der Waals surface area contributed by atoms with Crippen LogP contribution in [-0.2, 0) is 16.6 Å². The number of hydrogen-bond acceptors (Lipinski definition) is 4. The molecule has 142 valence electrons. The quantitative estimate of drug-likeness (QED) is 0.675. The number of hydrogen-bond donors (Lipinski definition) is 1. The molecule has 0 spiro atoms. The number of rotatable bonds is 7. The zero-order valence-electron chi connectivity index (χ0n) is 15.1. The second kappa shape index (κ2) is 7.98. The average Bonchev–Trinajstić information content (AvgIpc) is 3.15. The third kappa shape index (κ3) is 4.78. The van der Waals surface area contributed by atoms with Crippen molar-refractivity contribution in [1.82, 2.24) is 19.7 Å². The molecule has 0 saturated heterocycles. The number of benzene rings is 2. The van der Waals surface area contributed by atoms with Crippen molar-refractivity contribution in [1.29, 1.82) is 0 Å². The molecule has 0 bridgehead atoms. The lowest BCUT2D eigenvalue weighted by Gasteiger charge is -2.21. The minimum Gasteiger partial charge on any atom is -0.207 e. The first-order valence-electron chi connectivity index (χ1n) is 8.57. The Balaban J connectivity index is 1.78. The second-order valence-corrected chi connectivity index (χ2v) is 8.30. The van der Waals surface area contributed by atoms with Gasteiger partial charge < -0.3 is 0 Å². The molecule has 1 atom stereocenters. The van der Waals surface area contributed by atoms with E-state index in [4.69, 9.17) is 0 Å². The van der Waals surface area contributed by atoms with Gasteiger partial charge in [-0.2, -0.15) is 15.0 Å². The summed E-state index contributed by atoms with van der Waals surface area (Å²) in [6.07, 6.45) is 3.11. The summed E-state index contributed by atoms with van der Waals surface area (Å²) in [5, 5.41) is 8.07. The Bertz CT molecular complexity index is 970. The minimum atomic E-state index is -3.69. The maximum atomic E-state index is 13.0. The van der Waals surface area contributed by atoms with E-state index < -0.39 is 10.0 Å². The van der Waals surface area contributed by atoms with Crippen LogP contribution in [0.25, 0.3) is 11.1 Å². The third-order valence-electron chi connectivity index (χ3n) is 4.28. The number of nitrogens with zero attached hydrogens (tertiary/aromatic N) is 3. The monoisotopic (exact) mass is 388 g/mol. The summed E-state index contributed by atoms with van der Waals surface area (Å²) in [4.78, 5) is 1.64. The van der Waals surface area contributed by atoms with Crippen LogP contribution in [0, 0.1) is 11.7 Å². The maximum absolute atomic E-state index is 13.0. The zero-order chi connectivity index (χ0) is 19.4. The highest BCUT2D eigenvalue weighted by molar-refractivity contribution is 7.89. The molecule has 3 aromatic rings. The van der Waals surface area contributed by atoms with Crippen LogP contribution in [0.1, 0.15) is 13.8 Å². The van der Waals surface area contributed by atoms with Gasteiger partial charge in [-0.15, -0.1) is 0 Å². The molecule has 0 fully saturated rings. The van der Waals surface area contributed by atoms with E-state index in [1.54, 1.807) is 48.8 Å². The second-order valence-electron chi connectivity index (χ2n) is 6.59. The first-order valence-corrected chi connectivity index (χ1v) is 10.1. The SMILES string of the molecule is CC(C)C(Cn1nccn1)NS(=O)(=O)c1ccc(-c2ccc(F)cc2)cc1. The highest BCUT2D eigenvalue weighted by atomic mass is 32.2. The van der Waals surface area contributed by atoms with Crippen LogP contribution in [0.4, 0.5) is 4.39 Å². The van der Waals surface area contributed by atoms with E-state index in [2.05, 4.69) is 14.9 Å². The number of halogens is 1. The molecule has 2 aromatic carbocycles. The van der Waals surface area contributed by atoms with Crippen LogP contribution in [-0.4, -0.2) is 29.5 Å². The van der Waals surface area contributed by atoms with Crippen molar-refractivity contribution in [2.75, 3.05) is 0 Å². The molecule has 0 aliphatic carbocycles. The smallest absolute Gasteiger partial charge is 0.207 e. The molecular formula is C19H21FN4O2S. The third-order valence-corrected chi connectivity index (χ3v) is 5.79. The lowest BCUT2D eigenvalue weighted by atomic mass is 10.1. The van der Waals surface area contributed by atoms with E-state index in [-0.39, 0.29) is 22.7 Å². The van der Waals surface area contributed by atoms with E-state index in [0.717, 1.165) is 11.1 Å². The van der Waals surface area contributed by atoms with Crippen LogP contribution in [0.2, 0.25) is 0 Å². The fourth-order valence-corrected chi connectivity index (χ4v) is 4.01. The summed E-state index contributed by atoms with van der Waals surface area (Å²) in [7, 11) is -3.69. The Labute approximate surface area is 158 Å². The van der Waals surface area contributed by atoms with Crippen LogP contribution in [0.3, 0.4) is 0 Å². The Morgan fingerprint density at radius 3 is 2.00 bits per heavy atom. The first kappa shape index (κ1) is 19.2. The lowest BCUT2D eigenvalue weighted by Crippen LogP contribution is -2.41. The fourth-order valence-electron chi connectivity index (χ4n) is 2.63. The Kier molecular flexibility index (Phi) is 5.67. The summed E-state index contributed by atoms with van der Waals surface area (Å²) >= 11 is 0. The van der Waals surface area contributed by atoms with Gasteiger partial charge in [0.15, 0.2) is 0 Å². The van der Waals surface area contributed by atoms with E-state index in [9.17, 15) is 12.8 Å². The van der Waals surface area contributed by atoms with Gasteiger partial charge in [0.25, 0.3) is 0 Å². The van der Waals surface area contributed by atoms with Crippen LogP contribution in [0.5, 0.6) is 0 Å². The molecule has 27 heavy (non-hydrogen) atoms. The first-order chi connectivity index (χ1) is 12.8. The van der Waals surface area contributed by atoms with Crippen LogP contribution >= 0.6 is 0 Å². The molecule has 6 nitrogen and oxygen atoms in total. The molecule has 8 heteroatoms. The summed E-state index contributed by atoms with van der Waals surface area (Å²) < 4.78 is 41.3. The molecule has 0 aliphatic heterocycles. The minimum absolute atomic E-state index is 0.0595. The molecular weight excluding hydrogens is 367 g/mol. The van der Waals surface area contributed by atoms with E-state index in [1.165, 1.54) is 16.9 Å². The topological polar surface area (TPSA) is 76.9 Å². The van der Waals surface area contributed by atoms with Crippen molar-refractivity contribution in [2.24, 2.45) is 5.92 Å². The van der Waals surface area contributed by atoms with Crippen LogP contribution < -0.4 is 4.72 Å². The fraction of sp³-hybridized carbons (Fsp3) is 0.263. The van der Waals surface area contributed by atoms with Gasteiger partial charge in [0.1, 0.15) is 5.82 Å². The highest BCUT2D eigenvalue weighted by Gasteiger charge is 2.23.